The summed E-state index contributed by atoms with van der Waals surface area (Å²) in [5, 5.41) is 8.31. The lowest BCUT2D eigenvalue weighted by atomic mass is 10.1. The molecule has 0 fully saturated rings. The fraction of sp³-hybridized carbons (Fsp3) is 0.348. The summed E-state index contributed by atoms with van der Waals surface area (Å²) in [5.41, 5.74) is 3.15. The van der Waals surface area contributed by atoms with E-state index < -0.39 is 15.9 Å². The van der Waals surface area contributed by atoms with Gasteiger partial charge in [0.15, 0.2) is 0 Å². The number of hydrazone groups is 1. The summed E-state index contributed by atoms with van der Waals surface area (Å²) in [6.07, 6.45) is 0.391. The number of sulfonamides is 1. The minimum absolute atomic E-state index is 0.0742. The molecule has 176 valence electrons. The summed E-state index contributed by atoms with van der Waals surface area (Å²) in [7, 11) is -2.21. The number of nitrogens with zero attached hydrogens (tertiary/aromatic N) is 2. The van der Waals surface area contributed by atoms with Crippen LogP contribution in [0, 0.1) is 13.8 Å². The molecule has 0 aromatic heterocycles. The fourth-order valence-electron chi connectivity index (χ4n) is 3.39. The number of nitrogens with one attached hydrogen (secondary N) is 2. The third-order valence-electron chi connectivity index (χ3n) is 5.08. The van der Waals surface area contributed by atoms with Crippen molar-refractivity contribution < 1.29 is 22.7 Å². The van der Waals surface area contributed by atoms with Crippen LogP contribution in [0.15, 0.2) is 52.5 Å². The first-order chi connectivity index (χ1) is 15.6. The SMILES string of the molecule is COCC(C)NS(=O)(=O)c1ccc(NC(=O)C2=NN(c3cc(C)ccc3C)C(=O)CC2)cc1. The van der Waals surface area contributed by atoms with Crippen LogP contribution in [-0.4, -0.2) is 45.7 Å². The molecule has 0 saturated carbocycles. The number of carbonyl (C=O) groups excluding carboxylic acids is 2. The van der Waals surface area contributed by atoms with Gasteiger partial charge in [0.2, 0.25) is 15.9 Å². The average molecular weight is 473 g/mol. The summed E-state index contributed by atoms with van der Waals surface area (Å²) in [4.78, 5) is 25.3. The molecule has 33 heavy (non-hydrogen) atoms. The van der Waals surface area contributed by atoms with Gasteiger partial charge in [0.25, 0.3) is 5.91 Å². The van der Waals surface area contributed by atoms with Gasteiger partial charge in [-0.2, -0.15) is 5.10 Å². The Bertz CT molecular complexity index is 1180. The van der Waals surface area contributed by atoms with Crippen LogP contribution in [0.2, 0.25) is 0 Å². The Balaban J connectivity index is 1.74. The smallest absolute Gasteiger partial charge is 0.271 e. The molecule has 2 amide bonds. The van der Waals surface area contributed by atoms with E-state index in [-0.39, 0.29) is 42.0 Å². The van der Waals surface area contributed by atoms with Gasteiger partial charge in [-0.3, -0.25) is 9.59 Å². The lowest BCUT2D eigenvalue weighted by Gasteiger charge is -2.24. The Hall–Kier alpha value is -3.08. The van der Waals surface area contributed by atoms with E-state index in [0.29, 0.717) is 11.4 Å². The number of ether oxygens (including phenoxy) is 1. The zero-order valence-electron chi connectivity index (χ0n) is 19.1. The van der Waals surface area contributed by atoms with Crippen LogP contribution < -0.4 is 15.0 Å². The first kappa shape index (κ1) is 24.6. The summed E-state index contributed by atoms with van der Waals surface area (Å²) in [6, 6.07) is 11.2. The van der Waals surface area contributed by atoms with Crippen molar-refractivity contribution in [3.05, 3.63) is 53.6 Å². The second-order valence-corrected chi connectivity index (χ2v) is 9.71. The van der Waals surface area contributed by atoms with Crippen LogP contribution in [0.5, 0.6) is 0 Å². The molecule has 0 spiro atoms. The van der Waals surface area contributed by atoms with Crippen molar-refractivity contribution in [1.29, 1.82) is 0 Å². The quantitative estimate of drug-likeness (QED) is 0.613. The maximum Gasteiger partial charge on any atom is 0.271 e. The zero-order valence-corrected chi connectivity index (χ0v) is 19.9. The van der Waals surface area contributed by atoms with Gasteiger partial charge in [0.1, 0.15) is 5.71 Å². The van der Waals surface area contributed by atoms with E-state index in [1.165, 1.54) is 36.4 Å². The molecule has 0 aliphatic carbocycles. The summed E-state index contributed by atoms with van der Waals surface area (Å²) in [6.45, 7) is 5.75. The monoisotopic (exact) mass is 472 g/mol. The van der Waals surface area contributed by atoms with E-state index in [9.17, 15) is 18.0 Å². The van der Waals surface area contributed by atoms with E-state index >= 15 is 0 Å². The molecule has 1 aliphatic heterocycles. The molecular weight excluding hydrogens is 444 g/mol. The third-order valence-corrected chi connectivity index (χ3v) is 6.69. The average Bonchev–Trinajstić information content (AvgIpc) is 2.76. The molecule has 2 aromatic carbocycles. The number of anilines is 2. The van der Waals surface area contributed by atoms with Gasteiger partial charge >= 0.3 is 0 Å². The van der Waals surface area contributed by atoms with Gasteiger partial charge < -0.3 is 10.1 Å². The topological polar surface area (TPSA) is 117 Å². The number of methoxy groups -OCH3 is 1. The first-order valence-corrected chi connectivity index (χ1v) is 12.0. The summed E-state index contributed by atoms with van der Waals surface area (Å²) in [5.74, 6) is -0.620. The Morgan fingerprint density at radius 2 is 1.85 bits per heavy atom. The molecule has 1 unspecified atom stereocenters. The maximum atomic E-state index is 12.8. The van der Waals surface area contributed by atoms with Gasteiger partial charge in [-0.25, -0.2) is 18.1 Å². The van der Waals surface area contributed by atoms with Gasteiger partial charge in [-0.05, 0) is 62.2 Å². The van der Waals surface area contributed by atoms with Crippen LogP contribution in [-0.2, 0) is 24.3 Å². The molecule has 0 radical (unpaired) electrons. The number of aryl methyl sites for hydroxylation is 2. The van der Waals surface area contributed by atoms with Crippen molar-refractivity contribution in [2.45, 2.75) is 44.6 Å². The molecule has 2 aromatic rings. The normalized spacial score (nSPS) is 15.2. The Morgan fingerprint density at radius 3 is 2.52 bits per heavy atom. The number of hydrogen-bond donors (Lipinski definition) is 2. The lowest BCUT2D eigenvalue weighted by Crippen LogP contribution is -2.36. The number of hydrogen-bond acceptors (Lipinski definition) is 6. The molecular formula is C23H28N4O5S. The highest BCUT2D eigenvalue weighted by atomic mass is 32.2. The first-order valence-electron chi connectivity index (χ1n) is 10.5. The van der Waals surface area contributed by atoms with Crippen molar-refractivity contribution in [2.75, 3.05) is 24.0 Å². The van der Waals surface area contributed by atoms with E-state index in [4.69, 9.17) is 4.74 Å². The zero-order chi connectivity index (χ0) is 24.2. The highest BCUT2D eigenvalue weighted by Gasteiger charge is 2.27. The Labute approximate surface area is 193 Å². The van der Waals surface area contributed by atoms with E-state index in [1.54, 1.807) is 6.92 Å². The summed E-state index contributed by atoms with van der Waals surface area (Å²) < 4.78 is 32.4. The Kier molecular flexibility index (Phi) is 7.62. The van der Waals surface area contributed by atoms with Crippen molar-refractivity contribution in [3.63, 3.8) is 0 Å². The highest BCUT2D eigenvalue weighted by Crippen LogP contribution is 2.25. The third kappa shape index (κ3) is 6.04. The second kappa shape index (κ2) is 10.2. The lowest BCUT2D eigenvalue weighted by molar-refractivity contribution is -0.118. The highest BCUT2D eigenvalue weighted by molar-refractivity contribution is 7.89. The molecule has 3 rings (SSSR count). The largest absolute Gasteiger partial charge is 0.383 e. The van der Waals surface area contributed by atoms with E-state index in [0.717, 1.165) is 11.1 Å². The Morgan fingerprint density at radius 1 is 1.15 bits per heavy atom. The van der Waals surface area contributed by atoms with E-state index in [1.807, 2.05) is 32.0 Å². The fourth-order valence-corrected chi connectivity index (χ4v) is 4.62. The van der Waals surface area contributed by atoms with Crippen LogP contribution in [0.1, 0.15) is 30.9 Å². The molecule has 0 saturated heterocycles. The molecule has 1 atom stereocenters. The molecule has 1 aliphatic rings. The number of rotatable bonds is 8. The van der Waals surface area contributed by atoms with Crippen LogP contribution in [0.4, 0.5) is 11.4 Å². The second-order valence-electron chi connectivity index (χ2n) is 8.00. The van der Waals surface area contributed by atoms with Crippen LogP contribution in [0.25, 0.3) is 0 Å². The van der Waals surface area contributed by atoms with Crippen LogP contribution >= 0.6 is 0 Å². The van der Waals surface area contributed by atoms with Crippen molar-refractivity contribution in [1.82, 2.24) is 4.72 Å². The number of benzene rings is 2. The maximum absolute atomic E-state index is 12.8. The van der Waals surface area contributed by atoms with Gasteiger partial charge in [-0.15, -0.1) is 0 Å². The molecule has 10 heteroatoms. The van der Waals surface area contributed by atoms with E-state index in [2.05, 4.69) is 15.1 Å². The van der Waals surface area contributed by atoms with Crippen LogP contribution in [0.3, 0.4) is 0 Å². The summed E-state index contributed by atoms with van der Waals surface area (Å²) >= 11 is 0. The molecule has 0 bridgehead atoms. The number of carbonyl (C=O) groups is 2. The molecule has 2 N–H and O–H groups in total. The van der Waals surface area contributed by atoms with Gasteiger partial charge in [0, 0.05) is 31.7 Å². The minimum atomic E-state index is -3.71. The molecule has 1 heterocycles. The van der Waals surface area contributed by atoms with Crippen molar-refractivity contribution in [3.8, 4) is 0 Å². The van der Waals surface area contributed by atoms with Crippen molar-refractivity contribution in [2.24, 2.45) is 5.10 Å². The van der Waals surface area contributed by atoms with Gasteiger partial charge in [0.05, 0.1) is 17.2 Å². The predicted octanol–water partition coefficient (Wildman–Crippen LogP) is 2.74. The minimum Gasteiger partial charge on any atom is -0.383 e. The predicted molar refractivity (Wildman–Crippen MR) is 127 cm³/mol. The standard InChI is InChI=1S/C23H28N4O5S/c1-15-5-6-16(2)21(13-15)27-22(28)12-11-20(25-27)23(29)24-18-7-9-19(10-8-18)33(30,31)26-17(3)14-32-4/h5-10,13,17,26H,11-12,14H2,1-4H3,(H,24,29). The molecule has 9 nitrogen and oxygen atoms in total. The number of amides is 2. The van der Waals surface area contributed by atoms with Crippen molar-refractivity contribution >= 4 is 38.9 Å². The van der Waals surface area contributed by atoms with Gasteiger partial charge in [-0.1, -0.05) is 12.1 Å².